The average Bonchev–Trinajstić information content (AvgIpc) is 2.79. The summed E-state index contributed by atoms with van der Waals surface area (Å²) < 4.78 is 0. The van der Waals surface area contributed by atoms with Crippen LogP contribution in [0.15, 0.2) is 54.1 Å². The summed E-state index contributed by atoms with van der Waals surface area (Å²) in [6.07, 6.45) is 4.46. The molecule has 3 heteroatoms. The van der Waals surface area contributed by atoms with E-state index in [1.807, 2.05) is 0 Å². The zero-order valence-corrected chi connectivity index (χ0v) is 13.6. The second kappa shape index (κ2) is 7.31. The standard InChI is InChI=1S/C16H13.2ClH.Ti/c1-12-9-14-7-8-15(11-16(14)10-12)13-5-3-2-4-6-13;;;/h2-11H,1H3;2*1H;/q;;;+2/p-2. The summed E-state index contributed by atoms with van der Waals surface area (Å²) in [6.45, 7) is 2.14. The van der Waals surface area contributed by atoms with Crippen LogP contribution in [0.5, 0.6) is 0 Å². The molecule has 0 aromatic heterocycles. The number of fused-ring (bicyclic) bond motifs is 1. The third-order valence-electron chi connectivity index (χ3n) is 2.96. The van der Waals surface area contributed by atoms with Gasteiger partial charge in [-0.2, -0.15) is 0 Å². The molecule has 0 atom stereocenters. The third-order valence-corrected chi connectivity index (χ3v) is 2.96. The van der Waals surface area contributed by atoms with Crippen molar-refractivity contribution in [3.8, 4) is 11.1 Å². The Labute approximate surface area is 131 Å². The Balaban J connectivity index is 0.000000408. The molecule has 0 aliphatic heterocycles. The predicted molar refractivity (Wildman–Crippen MR) is 80.6 cm³/mol. The van der Waals surface area contributed by atoms with E-state index in [-0.39, 0.29) is 0 Å². The van der Waals surface area contributed by atoms with Crippen LogP contribution >= 0.6 is 18.6 Å². The Morgan fingerprint density at radius 2 is 1.53 bits per heavy atom. The first-order valence-electron chi connectivity index (χ1n) is 5.93. The average molecular weight is 324 g/mol. The van der Waals surface area contributed by atoms with Crippen molar-refractivity contribution in [2.75, 3.05) is 0 Å². The van der Waals surface area contributed by atoms with Gasteiger partial charge in [0.25, 0.3) is 0 Å². The molecule has 0 unspecified atom stereocenters. The van der Waals surface area contributed by atoms with E-state index in [0.29, 0.717) is 0 Å². The van der Waals surface area contributed by atoms with E-state index >= 15 is 0 Å². The summed E-state index contributed by atoms with van der Waals surface area (Å²) >= 11 is -0.556. The molecule has 0 N–H and O–H groups in total. The summed E-state index contributed by atoms with van der Waals surface area (Å²) in [5.74, 6) is 0. The van der Waals surface area contributed by atoms with Gasteiger partial charge < -0.3 is 0 Å². The van der Waals surface area contributed by atoms with Crippen molar-refractivity contribution in [2.24, 2.45) is 0 Å². The van der Waals surface area contributed by atoms with Crippen molar-refractivity contribution in [3.05, 3.63) is 71.7 Å². The summed E-state index contributed by atoms with van der Waals surface area (Å²) in [6, 6.07) is 17.2. The van der Waals surface area contributed by atoms with Gasteiger partial charge in [0.05, 0.1) is 0 Å². The Hall–Kier alpha value is -0.526. The monoisotopic (exact) mass is 323 g/mol. The van der Waals surface area contributed by atoms with E-state index in [9.17, 15) is 0 Å². The fourth-order valence-corrected chi connectivity index (χ4v) is 2.17. The van der Waals surface area contributed by atoms with Crippen molar-refractivity contribution in [3.63, 3.8) is 0 Å². The van der Waals surface area contributed by atoms with Gasteiger partial charge in [-0.05, 0) is 35.2 Å². The van der Waals surface area contributed by atoms with Crippen molar-refractivity contribution in [1.29, 1.82) is 0 Å². The molecule has 0 heterocycles. The molecule has 1 radical (unpaired) electrons. The minimum absolute atomic E-state index is 0.556. The van der Waals surface area contributed by atoms with E-state index < -0.39 is 17.0 Å². The van der Waals surface area contributed by atoms with Gasteiger partial charge in [0.2, 0.25) is 0 Å². The Morgan fingerprint density at radius 1 is 0.842 bits per heavy atom. The van der Waals surface area contributed by atoms with Gasteiger partial charge in [-0.25, -0.2) is 0 Å². The molecule has 1 aliphatic carbocycles. The maximum atomic E-state index is 4.89. The van der Waals surface area contributed by atoms with Crippen LogP contribution in [-0.4, -0.2) is 0 Å². The first kappa shape index (κ1) is 14.9. The fourth-order valence-electron chi connectivity index (χ4n) is 2.17. The first-order chi connectivity index (χ1) is 9.24. The second-order valence-electron chi connectivity index (χ2n) is 4.31. The molecule has 0 saturated carbocycles. The van der Waals surface area contributed by atoms with Crippen LogP contribution in [0, 0.1) is 6.42 Å². The van der Waals surface area contributed by atoms with Crippen LogP contribution in [0.2, 0.25) is 0 Å². The molecular formula is C16H13Cl2Ti. The molecule has 95 valence electrons. The van der Waals surface area contributed by atoms with Gasteiger partial charge in [-0.1, -0.05) is 54.1 Å². The number of allylic oxidation sites excluding steroid dienone is 1. The molecule has 3 rings (SSSR count). The minimum atomic E-state index is -0.556. The van der Waals surface area contributed by atoms with Gasteiger partial charge >= 0.3 is 35.6 Å². The van der Waals surface area contributed by atoms with E-state index in [4.69, 9.17) is 18.6 Å². The normalized spacial score (nSPS) is 12.1. The molecule has 1 aliphatic rings. The van der Waals surface area contributed by atoms with Crippen LogP contribution in [0.25, 0.3) is 17.2 Å². The Morgan fingerprint density at radius 3 is 2.21 bits per heavy atom. The van der Waals surface area contributed by atoms with E-state index in [1.54, 1.807) is 0 Å². The van der Waals surface area contributed by atoms with Crippen LogP contribution in [0.4, 0.5) is 0 Å². The Bertz CT molecular complexity index is 577. The van der Waals surface area contributed by atoms with Crippen LogP contribution in [0.3, 0.4) is 0 Å². The van der Waals surface area contributed by atoms with Crippen molar-refractivity contribution in [1.82, 2.24) is 0 Å². The zero-order valence-electron chi connectivity index (χ0n) is 10.5. The van der Waals surface area contributed by atoms with Gasteiger partial charge in [0.1, 0.15) is 0 Å². The van der Waals surface area contributed by atoms with Crippen molar-refractivity contribution in [2.45, 2.75) is 6.92 Å². The quantitative estimate of drug-likeness (QED) is 0.590. The maximum absolute atomic E-state index is 4.89. The summed E-state index contributed by atoms with van der Waals surface area (Å²) in [7, 11) is 9.78. The molecule has 19 heavy (non-hydrogen) atoms. The number of rotatable bonds is 1. The summed E-state index contributed by atoms with van der Waals surface area (Å²) in [5, 5.41) is 0. The first-order valence-corrected chi connectivity index (χ1v) is 10.2. The third kappa shape index (κ3) is 3.97. The van der Waals surface area contributed by atoms with Crippen LogP contribution < -0.4 is 0 Å². The van der Waals surface area contributed by atoms with E-state index in [0.717, 1.165) is 0 Å². The molecule has 0 nitrogen and oxygen atoms in total. The predicted octanol–water partition coefficient (Wildman–Crippen LogP) is 5.70. The van der Waals surface area contributed by atoms with Crippen LogP contribution in [-0.2, 0) is 17.0 Å². The van der Waals surface area contributed by atoms with E-state index in [2.05, 4.69) is 68.0 Å². The molecule has 0 saturated heterocycles. The van der Waals surface area contributed by atoms with Gasteiger partial charge in [0, 0.05) is 6.42 Å². The SMILES string of the molecule is CC1=Cc2cc(-c3ccccc3)ccc2[CH]1.[Cl][Ti][Cl]. The number of benzene rings is 2. The molecular weight excluding hydrogens is 311 g/mol. The summed E-state index contributed by atoms with van der Waals surface area (Å²) in [5.41, 5.74) is 6.57. The van der Waals surface area contributed by atoms with Gasteiger partial charge in [0.15, 0.2) is 0 Å². The second-order valence-corrected chi connectivity index (χ2v) is 6.89. The fraction of sp³-hybridized carbons (Fsp3) is 0.0625. The van der Waals surface area contributed by atoms with Crippen LogP contribution in [0.1, 0.15) is 18.1 Å². The molecule has 0 spiro atoms. The molecule has 0 amide bonds. The number of halogens is 2. The molecule has 0 bridgehead atoms. The molecule has 2 aromatic carbocycles. The topological polar surface area (TPSA) is 0 Å². The molecule has 2 aromatic rings. The summed E-state index contributed by atoms with van der Waals surface area (Å²) in [4.78, 5) is 0. The number of hydrogen-bond donors (Lipinski definition) is 0. The molecule has 0 fully saturated rings. The number of hydrogen-bond acceptors (Lipinski definition) is 0. The van der Waals surface area contributed by atoms with Gasteiger partial charge in [-0.3, -0.25) is 0 Å². The zero-order chi connectivity index (χ0) is 13.7. The van der Waals surface area contributed by atoms with Gasteiger partial charge in [-0.15, -0.1) is 0 Å². The Kier molecular flexibility index (Phi) is 5.72. The van der Waals surface area contributed by atoms with Crippen molar-refractivity contribution < 1.29 is 17.0 Å². The van der Waals surface area contributed by atoms with E-state index in [1.165, 1.54) is 27.8 Å². The van der Waals surface area contributed by atoms with Crippen molar-refractivity contribution >= 4 is 24.7 Å².